The fourth-order valence-electron chi connectivity index (χ4n) is 0.341. The molecule has 1 nitrogen and oxygen atoms in total. The topological polar surface area (TPSA) is 12.0 Å². The molecular formula is C5H13NNaS2Si+. The molecule has 10 heavy (non-hydrogen) atoms. The van der Waals surface area contributed by atoms with Gasteiger partial charge in [-0.15, -0.1) is 12.6 Å². The van der Waals surface area contributed by atoms with E-state index in [1.165, 1.54) is 0 Å². The summed E-state index contributed by atoms with van der Waals surface area (Å²) in [4.78, 5) is 0. The summed E-state index contributed by atoms with van der Waals surface area (Å²) in [5.74, 6) is 0. The van der Waals surface area contributed by atoms with Crippen molar-refractivity contribution < 1.29 is 29.6 Å². The molecule has 0 radical (unpaired) electrons. The summed E-state index contributed by atoms with van der Waals surface area (Å²) in [6, 6.07) is 0. The first-order chi connectivity index (χ1) is 3.92. The van der Waals surface area contributed by atoms with Crippen LogP contribution in [-0.4, -0.2) is 18.6 Å². The Kier molecular flexibility index (Phi) is 8.44. The Hall–Kier alpha value is 1.46. The molecule has 0 heterocycles. The van der Waals surface area contributed by atoms with E-state index in [-0.39, 0.29) is 29.6 Å². The van der Waals surface area contributed by atoms with Crippen LogP contribution in [0.15, 0.2) is 0 Å². The van der Waals surface area contributed by atoms with Gasteiger partial charge >= 0.3 is 29.6 Å². The van der Waals surface area contributed by atoms with Crippen molar-refractivity contribution in [3.8, 4) is 0 Å². The molecular weight excluding hydrogens is 189 g/mol. The van der Waals surface area contributed by atoms with Crippen LogP contribution in [0.1, 0.15) is 0 Å². The summed E-state index contributed by atoms with van der Waals surface area (Å²) in [5, 5.41) is 3.04. The maximum Gasteiger partial charge on any atom is 1.00 e. The van der Waals surface area contributed by atoms with E-state index in [1.807, 2.05) is 0 Å². The van der Waals surface area contributed by atoms with Gasteiger partial charge in [-0.05, 0) is 0 Å². The van der Waals surface area contributed by atoms with Crippen molar-refractivity contribution in [3.63, 3.8) is 0 Å². The van der Waals surface area contributed by atoms with Crippen LogP contribution in [-0.2, 0) is 0 Å². The molecule has 0 spiro atoms. The fourth-order valence-corrected chi connectivity index (χ4v) is 1.48. The van der Waals surface area contributed by atoms with Crippen molar-refractivity contribution in [2.24, 2.45) is 0 Å². The number of rotatable bonds is 2. The van der Waals surface area contributed by atoms with Crippen LogP contribution in [0.3, 0.4) is 0 Å². The first-order valence-corrected chi connectivity index (χ1v) is 7.45. The van der Waals surface area contributed by atoms with Crippen LogP contribution < -0.4 is 34.9 Å². The van der Waals surface area contributed by atoms with Crippen molar-refractivity contribution in [1.29, 1.82) is 0 Å². The maximum atomic E-state index is 4.74. The van der Waals surface area contributed by atoms with Crippen LogP contribution in [0.5, 0.6) is 0 Å². The molecule has 0 saturated carbocycles. The number of thiocarbonyl (C=S) groups is 1. The SMILES string of the molecule is C[Si](C)(C)CNC(=S)S.[Na+]. The Balaban J connectivity index is 0. The first kappa shape index (κ1) is 14.0. The second-order valence-electron chi connectivity index (χ2n) is 3.22. The second-order valence-corrected chi connectivity index (χ2v) is 9.85. The quantitative estimate of drug-likeness (QED) is 0.327. The number of hydrogen-bond donors (Lipinski definition) is 2. The van der Waals surface area contributed by atoms with Crippen LogP contribution >= 0.6 is 24.8 Å². The molecule has 0 fully saturated rings. The third-order valence-corrected chi connectivity index (χ3v) is 2.31. The average Bonchev–Trinajstić information content (AvgIpc) is 1.59. The molecule has 0 aromatic rings. The number of nitrogens with one attached hydrogen (secondary N) is 1. The monoisotopic (exact) mass is 202 g/mol. The van der Waals surface area contributed by atoms with Gasteiger partial charge in [0, 0.05) is 6.17 Å². The molecule has 0 aromatic heterocycles. The van der Waals surface area contributed by atoms with Crippen LogP contribution in [0.4, 0.5) is 0 Å². The largest absolute Gasteiger partial charge is 1.00 e. The van der Waals surface area contributed by atoms with Gasteiger partial charge in [0.2, 0.25) is 0 Å². The van der Waals surface area contributed by atoms with Gasteiger partial charge < -0.3 is 5.32 Å². The Bertz CT molecular complexity index is 113. The van der Waals surface area contributed by atoms with Crippen LogP contribution in [0.25, 0.3) is 0 Å². The zero-order chi connectivity index (χ0) is 7.49. The Morgan fingerprint density at radius 3 is 2.00 bits per heavy atom. The smallest absolute Gasteiger partial charge is 0.374 e. The van der Waals surface area contributed by atoms with Gasteiger partial charge in [0.1, 0.15) is 4.32 Å². The molecule has 0 bridgehead atoms. The van der Waals surface area contributed by atoms with Crippen molar-refractivity contribution in [3.05, 3.63) is 0 Å². The minimum Gasteiger partial charge on any atom is -0.374 e. The normalized spacial score (nSPS) is 10.0. The van der Waals surface area contributed by atoms with Crippen molar-refractivity contribution in [2.45, 2.75) is 19.6 Å². The van der Waals surface area contributed by atoms with E-state index in [4.69, 9.17) is 12.2 Å². The van der Waals surface area contributed by atoms with Gasteiger partial charge in [-0.3, -0.25) is 0 Å². The summed E-state index contributed by atoms with van der Waals surface area (Å²) in [5.41, 5.74) is 0. The third-order valence-electron chi connectivity index (χ3n) is 0.770. The summed E-state index contributed by atoms with van der Waals surface area (Å²) in [6.45, 7) is 6.85. The molecule has 0 unspecified atom stereocenters. The second kappa shape index (κ2) is 6.03. The minimum atomic E-state index is -0.967. The summed E-state index contributed by atoms with van der Waals surface area (Å²) in [6.07, 6.45) is 1.02. The van der Waals surface area contributed by atoms with E-state index in [2.05, 4.69) is 37.6 Å². The molecule has 1 N–H and O–H groups in total. The van der Waals surface area contributed by atoms with Gasteiger partial charge in [0.25, 0.3) is 0 Å². The standard InChI is InChI=1S/C5H13NS2Si.Na/c1-9(2,3)4-6-5(7)8;/h4H2,1-3H3,(H2,6,7,8);/q;+1. The Morgan fingerprint density at radius 1 is 1.50 bits per heavy atom. The number of thiol groups is 1. The molecule has 0 aliphatic heterocycles. The van der Waals surface area contributed by atoms with E-state index in [0.29, 0.717) is 4.32 Å². The van der Waals surface area contributed by atoms with Gasteiger partial charge in [-0.25, -0.2) is 0 Å². The molecule has 0 amide bonds. The zero-order valence-electron chi connectivity index (χ0n) is 7.06. The summed E-state index contributed by atoms with van der Waals surface area (Å²) < 4.78 is 0.609. The van der Waals surface area contributed by atoms with Gasteiger partial charge in [-0.1, -0.05) is 31.9 Å². The predicted molar refractivity (Wildman–Crippen MR) is 52.9 cm³/mol. The molecule has 0 aromatic carbocycles. The predicted octanol–water partition coefficient (Wildman–Crippen LogP) is -1.33. The van der Waals surface area contributed by atoms with E-state index < -0.39 is 8.07 Å². The van der Waals surface area contributed by atoms with Gasteiger partial charge in [-0.2, -0.15) is 0 Å². The molecule has 0 atom stereocenters. The number of hydrogen-bond acceptors (Lipinski definition) is 1. The van der Waals surface area contributed by atoms with Crippen molar-refractivity contribution >= 4 is 37.2 Å². The Labute approximate surface area is 97.1 Å². The summed E-state index contributed by atoms with van der Waals surface area (Å²) in [7, 11) is -0.967. The fraction of sp³-hybridized carbons (Fsp3) is 0.800. The Morgan fingerprint density at radius 2 is 1.90 bits per heavy atom. The van der Waals surface area contributed by atoms with Gasteiger partial charge in [0.15, 0.2) is 0 Å². The van der Waals surface area contributed by atoms with Gasteiger partial charge in [0.05, 0.1) is 8.07 Å². The molecule has 0 aliphatic carbocycles. The average molecular weight is 202 g/mol. The minimum absolute atomic E-state index is 0. The van der Waals surface area contributed by atoms with Crippen LogP contribution in [0, 0.1) is 0 Å². The van der Waals surface area contributed by atoms with E-state index in [9.17, 15) is 0 Å². The molecule has 54 valence electrons. The van der Waals surface area contributed by atoms with E-state index >= 15 is 0 Å². The molecule has 0 aliphatic rings. The zero-order valence-corrected chi connectivity index (χ0v) is 11.8. The maximum absolute atomic E-state index is 4.74. The van der Waals surface area contributed by atoms with Crippen molar-refractivity contribution in [1.82, 2.24) is 5.32 Å². The van der Waals surface area contributed by atoms with Crippen LogP contribution in [0.2, 0.25) is 19.6 Å². The summed E-state index contributed by atoms with van der Waals surface area (Å²) >= 11 is 8.69. The van der Waals surface area contributed by atoms with E-state index in [1.54, 1.807) is 0 Å². The van der Waals surface area contributed by atoms with Crippen molar-refractivity contribution in [2.75, 3.05) is 6.17 Å². The van der Waals surface area contributed by atoms with E-state index in [0.717, 1.165) is 6.17 Å². The third kappa shape index (κ3) is 12.2. The molecule has 0 rings (SSSR count). The first-order valence-electron chi connectivity index (χ1n) is 2.88. The molecule has 0 saturated heterocycles. The molecule has 5 heteroatoms.